The lowest BCUT2D eigenvalue weighted by Crippen LogP contribution is -2.10. The maximum absolute atomic E-state index is 14.9. The molecule has 47 heavy (non-hydrogen) atoms. The van der Waals surface area contributed by atoms with E-state index in [2.05, 4.69) is 60.5 Å². The van der Waals surface area contributed by atoms with Crippen LogP contribution in [0.2, 0.25) is 5.02 Å². The minimum Gasteiger partial charge on any atom is -0.505 e. The second-order valence-electron chi connectivity index (χ2n) is 10.8. The van der Waals surface area contributed by atoms with E-state index in [-0.39, 0.29) is 23.8 Å². The Kier molecular flexibility index (Phi) is 15.1. The number of phenols is 1. The van der Waals surface area contributed by atoms with Crippen LogP contribution in [0.25, 0.3) is 22.2 Å². The van der Waals surface area contributed by atoms with Crippen LogP contribution >= 0.6 is 11.6 Å². The minimum absolute atomic E-state index is 0.0397. The number of rotatable bonds is 5. The fraction of sp³-hybridized carbons (Fsp3) is 0.324. The monoisotopic (exact) mass is 664 g/mol. The number of ether oxygens (including phenoxy) is 1. The van der Waals surface area contributed by atoms with Gasteiger partial charge in [-0.05, 0) is 80.6 Å². The Hall–Kier alpha value is -4.68. The van der Waals surface area contributed by atoms with E-state index in [1.807, 2.05) is 26.8 Å². The van der Waals surface area contributed by atoms with Crippen LogP contribution in [0.5, 0.6) is 11.5 Å². The van der Waals surface area contributed by atoms with Gasteiger partial charge in [0.05, 0.1) is 17.1 Å². The molecule has 2 aliphatic rings. The van der Waals surface area contributed by atoms with E-state index < -0.39 is 17.4 Å². The van der Waals surface area contributed by atoms with Crippen molar-refractivity contribution in [1.82, 2.24) is 9.97 Å². The smallest absolute Gasteiger partial charge is 0.204 e. The molecule has 1 aliphatic carbocycles. The molecular formula is C37H43ClF2N4O3. The number of carbonyl (C=O) groups excluding carboxylic acids is 1. The van der Waals surface area contributed by atoms with Gasteiger partial charge in [-0.15, -0.1) is 12.3 Å². The van der Waals surface area contributed by atoms with Crippen LogP contribution in [0, 0.1) is 36.8 Å². The zero-order valence-electron chi connectivity index (χ0n) is 27.5. The number of primary amides is 1. The van der Waals surface area contributed by atoms with Crippen LogP contribution < -0.4 is 16.2 Å². The summed E-state index contributed by atoms with van der Waals surface area (Å²) in [6, 6.07) is 10.1. The Labute approximate surface area is 281 Å². The molecule has 5 N–H and O–H groups in total. The number of carbonyl (C=O) groups is 1. The summed E-state index contributed by atoms with van der Waals surface area (Å²) in [6.45, 7) is 13.4. The Morgan fingerprint density at radius 3 is 2.38 bits per heavy atom. The number of nitrogens with zero attached hydrogens (tertiary/aromatic N) is 2. The topological polar surface area (TPSA) is 124 Å². The number of hydrogen-bond donors (Lipinski definition) is 3. The van der Waals surface area contributed by atoms with Crippen molar-refractivity contribution >= 4 is 28.9 Å². The van der Waals surface area contributed by atoms with E-state index in [0.717, 1.165) is 53.1 Å². The molecule has 0 radical (unpaired) electrons. The summed E-state index contributed by atoms with van der Waals surface area (Å²) < 4.78 is 34.6. The molecule has 2 atom stereocenters. The van der Waals surface area contributed by atoms with E-state index in [9.17, 15) is 13.9 Å². The Bertz CT molecular complexity index is 1710. The molecule has 250 valence electrons. The van der Waals surface area contributed by atoms with Crippen molar-refractivity contribution in [3.8, 4) is 35.1 Å². The van der Waals surface area contributed by atoms with Crippen LogP contribution in [0.15, 0.2) is 55.4 Å². The molecule has 0 bridgehead atoms. The highest BCUT2D eigenvalue weighted by molar-refractivity contribution is 6.31. The predicted octanol–water partition coefficient (Wildman–Crippen LogP) is 8.33. The summed E-state index contributed by atoms with van der Waals surface area (Å²) in [7, 11) is 0. The third-order valence-electron chi connectivity index (χ3n) is 7.35. The molecule has 4 aromatic rings. The Morgan fingerprint density at radius 1 is 1.17 bits per heavy atom. The maximum Gasteiger partial charge on any atom is 0.204 e. The van der Waals surface area contributed by atoms with Crippen LogP contribution in [-0.2, 0) is 11.2 Å². The quantitative estimate of drug-likeness (QED) is 0.146. The number of nitrogens with two attached hydrogens (primary N) is 2. The van der Waals surface area contributed by atoms with Gasteiger partial charge >= 0.3 is 0 Å². The molecule has 7 nitrogen and oxygen atoms in total. The third kappa shape index (κ3) is 9.90. The van der Waals surface area contributed by atoms with Crippen molar-refractivity contribution in [1.29, 1.82) is 0 Å². The number of aromatic hydroxyl groups is 1. The van der Waals surface area contributed by atoms with Crippen molar-refractivity contribution < 1.29 is 23.4 Å². The first-order valence-electron chi connectivity index (χ1n) is 15.3. The lowest BCUT2D eigenvalue weighted by atomic mass is 9.88. The van der Waals surface area contributed by atoms with Crippen LogP contribution in [0.1, 0.15) is 74.8 Å². The van der Waals surface area contributed by atoms with Gasteiger partial charge in [-0.1, -0.05) is 45.0 Å². The van der Waals surface area contributed by atoms with Gasteiger partial charge in [-0.3, -0.25) is 9.78 Å². The van der Waals surface area contributed by atoms with Gasteiger partial charge in [-0.2, -0.15) is 0 Å². The zero-order valence-corrected chi connectivity index (χ0v) is 28.2. The van der Waals surface area contributed by atoms with Gasteiger partial charge in [0.2, 0.25) is 6.41 Å². The largest absolute Gasteiger partial charge is 0.505 e. The number of halogens is 3. The third-order valence-corrected chi connectivity index (χ3v) is 7.56. The first-order chi connectivity index (χ1) is 22.5. The molecule has 0 spiro atoms. The Morgan fingerprint density at radius 2 is 1.79 bits per heavy atom. The number of pyridine rings is 2. The van der Waals surface area contributed by atoms with Crippen LogP contribution in [0.4, 0.5) is 8.78 Å². The van der Waals surface area contributed by atoms with Gasteiger partial charge in [0, 0.05) is 46.3 Å². The summed E-state index contributed by atoms with van der Waals surface area (Å²) in [6.07, 6.45) is 10.7. The summed E-state index contributed by atoms with van der Waals surface area (Å²) in [5, 5.41) is 11.6. The molecule has 10 heteroatoms. The highest BCUT2D eigenvalue weighted by atomic mass is 35.5. The van der Waals surface area contributed by atoms with Crippen LogP contribution in [0.3, 0.4) is 0 Å². The molecule has 1 saturated carbocycles. The van der Waals surface area contributed by atoms with Gasteiger partial charge in [0.1, 0.15) is 17.3 Å². The van der Waals surface area contributed by atoms with Gasteiger partial charge < -0.3 is 21.3 Å². The zero-order chi connectivity index (χ0) is 35.3. The number of aryl methyl sites for hydroxylation is 1. The number of hydrogen-bond acceptors (Lipinski definition) is 6. The highest BCUT2D eigenvalue weighted by Crippen LogP contribution is 2.48. The molecule has 1 amide bonds. The fourth-order valence-corrected chi connectivity index (χ4v) is 5.51. The molecule has 2 aromatic heterocycles. The fourth-order valence-electron chi connectivity index (χ4n) is 5.35. The second-order valence-corrected chi connectivity index (χ2v) is 11.2. The number of aromatic nitrogens is 2. The predicted molar refractivity (Wildman–Crippen MR) is 186 cm³/mol. The molecule has 1 fully saturated rings. The van der Waals surface area contributed by atoms with Gasteiger partial charge in [0.25, 0.3) is 0 Å². The molecular weight excluding hydrogens is 622 g/mol. The first-order valence-corrected chi connectivity index (χ1v) is 15.7. The number of benzene rings is 2. The molecule has 2 aromatic carbocycles. The number of amides is 1. The molecule has 6 rings (SSSR count). The summed E-state index contributed by atoms with van der Waals surface area (Å²) >= 11 is 6.21. The van der Waals surface area contributed by atoms with Crippen molar-refractivity contribution in [3.05, 3.63) is 94.4 Å². The van der Waals surface area contributed by atoms with E-state index in [4.69, 9.17) is 26.1 Å². The number of fused-ring (bicyclic) bond motifs is 2. The minimum atomic E-state index is -1.00. The summed E-state index contributed by atoms with van der Waals surface area (Å²) in [5.41, 5.74) is 14.2. The van der Waals surface area contributed by atoms with Crippen molar-refractivity contribution in [2.75, 3.05) is 6.61 Å². The maximum atomic E-state index is 14.9. The van der Waals surface area contributed by atoms with E-state index in [1.54, 1.807) is 13.1 Å². The first kappa shape index (κ1) is 38.5. The second kappa shape index (κ2) is 18.5. The standard InChI is InChI=1S/C29H25ClF2N2O2.C3H4.C2H5N.C2H6.CH3NO/c1-14-5-16(6-18-8-19(30)12-33-27(14)18)7-21(17-3-4-17)25-9-20-15(2)13-36-29(20)28(34-25)22-10-26(35)24(32)11-23(22)31;1-3-2;1-2-3;1-2;2-1-3/h5-6,8-12,15,17,21,35H,3-4,7,13H2,1-2H3;1H,2H3;2H,1,3H2;1-2H3;1H,(H2,2,3). The van der Waals surface area contributed by atoms with E-state index in [1.165, 1.54) is 11.8 Å². The van der Waals surface area contributed by atoms with Crippen molar-refractivity contribution in [2.45, 2.75) is 65.7 Å². The van der Waals surface area contributed by atoms with Crippen molar-refractivity contribution in [2.24, 2.45) is 17.4 Å². The van der Waals surface area contributed by atoms with E-state index >= 15 is 0 Å². The molecule has 0 saturated heterocycles. The lowest BCUT2D eigenvalue weighted by Gasteiger charge is -2.20. The average Bonchev–Trinajstić information content (AvgIpc) is 3.81. The molecule has 1 aliphatic heterocycles. The highest BCUT2D eigenvalue weighted by Gasteiger charge is 2.36. The normalized spacial score (nSPS) is 14.4. The lowest BCUT2D eigenvalue weighted by molar-refractivity contribution is -0.106. The van der Waals surface area contributed by atoms with Crippen LogP contribution in [-0.4, -0.2) is 28.1 Å². The number of phenolic OH excluding ortho intramolecular Hbond substituents is 1. The van der Waals surface area contributed by atoms with E-state index in [0.29, 0.717) is 35.1 Å². The molecule has 3 heterocycles. The average molecular weight is 665 g/mol. The number of terminal acetylenes is 1. The van der Waals surface area contributed by atoms with Gasteiger partial charge in [0.15, 0.2) is 11.6 Å². The SMILES string of the molecule is C#CC.C=CN.CC.Cc1cc(CC(c2cc3c(c(-c4cc(O)c(F)cc4F)n2)OCC3C)C2CC2)cc2cc(Cl)cnc12.NC=O. The Balaban J connectivity index is 0.000000622. The van der Waals surface area contributed by atoms with Crippen molar-refractivity contribution in [3.63, 3.8) is 0 Å². The summed E-state index contributed by atoms with van der Waals surface area (Å²) in [4.78, 5) is 18.0. The van der Waals surface area contributed by atoms with Gasteiger partial charge in [-0.25, -0.2) is 13.8 Å². The summed E-state index contributed by atoms with van der Waals surface area (Å²) in [5.74, 6) is 1.08. The molecule has 2 unspecified atom stereocenters.